The summed E-state index contributed by atoms with van der Waals surface area (Å²) in [5.74, 6) is -1.14. The average Bonchev–Trinajstić information content (AvgIpc) is 2.84. The smallest absolute Gasteiger partial charge is 0.341 e. The first-order chi connectivity index (χ1) is 16.4. The van der Waals surface area contributed by atoms with Gasteiger partial charge in [0.15, 0.2) is 5.49 Å². The number of carbonyl (C=O) groups excluding carboxylic acids is 2. The van der Waals surface area contributed by atoms with Crippen molar-refractivity contribution in [3.8, 4) is 0 Å². The number of nitrogens with zero attached hydrogens (tertiary/aromatic N) is 4. The summed E-state index contributed by atoms with van der Waals surface area (Å²) < 4.78 is 8.37. The maximum Gasteiger partial charge on any atom is 0.341 e. The highest BCUT2D eigenvalue weighted by Gasteiger charge is 2.20. The summed E-state index contributed by atoms with van der Waals surface area (Å²) in [4.78, 5) is 48.4. The zero-order valence-electron chi connectivity index (χ0n) is 19.4. The van der Waals surface area contributed by atoms with Gasteiger partial charge in [-0.25, -0.2) is 9.78 Å². The molecule has 4 aromatic rings. The summed E-state index contributed by atoms with van der Waals surface area (Å²) >= 11 is 0. The Morgan fingerprint density at radius 2 is 1.85 bits per heavy atom. The number of pyridine rings is 2. The summed E-state index contributed by atoms with van der Waals surface area (Å²) in [6, 6.07) is 13.8. The number of amides is 1. The van der Waals surface area contributed by atoms with E-state index in [0.717, 1.165) is 18.4 Å². The van der Waals surface area contributed by atoms with Gasteiger partial charge in [-0.3, -0.25) is 14.0 Å². The van der Waals surface area contributed by atoms with Crippen LogP contribution < -0.4 is 11.0 Å². The highest BCUT2D eigenvalue weighted by Crippen LogP contribution is 2.13. The van der Waals surface area contributed by atoms with Crippen LogP contribution in [0.5, 0.6) is 0 Å². The van der Waals surface area contributed by atoms with Gasteiger partial charge in [0.2, 0.25) is 0 Å². The molecule has 0 unspecified atom stereocenters. The van der Waals surface area contributed by atoms with E-state index in [9.17, 15) is 14.4 Å². The van der Waals surface area contributed by atoms with Gasteiger partial charge in [-0.15, -0.1) is 0 Å². The average molecular weight is 459 g/mol. The van der Waals surface area contributed by atoms with E-state index in [4.69, 9.17) is 9.72 Å². The summed E-state index contributed by atoms with van der Waals surface area (Å²) in [6.07, 6.45) is 3.23. The third kappa shape index (κ3) is 4.39. The maximum atomic E-state index is 13.3. The third-order valence-electron chi connectivity index (χ3n) is 5.53. The van der Waals surface area contributed by atoms with Crippen LogP contribution in [0, 0.1) is 6.92 Å². The lowest BCUT2D eigenvalue weighted by molar-refractivity contribution is 0.0523. The van der Waals surface area contributed by atoms with Crippen LogP contribution in [-0.2, 0) is 11.3 Å². The van der Waals surface area contributed by atoms with E-state index in [1.807, 2.05) is 26.0 Å². The Labute approximate surface area is 196 Å². The van der Waals surface area contributed by atoms with Gasteiger partial charge in [-0.1, -0.05) is 37.1 Å². The van der Waals surface area contributed by atoms with Gasteiger partial charge in [0.25, 0.3) is 11.5 Å². The monoisotopic (exact) mass is 458 g/mol. The van der Waals surface area contributed by atoms with Crippen molar-refractivity contribution in [1.29, 1.82) is 0 Å². The molecular formula is C26H26N4O4. The van der Waals surface area contributed by atoms with Crippen molar-refractivity contribution in [2.24, 2.45) is 4.99 Å². The Morgan fingerprint density at radius 3 is 2.56 bits per heavy atom. The molecule has 0 bridgehead atoms. The Bertz CT molecular complexity index is 1510. The van der Waals surface area contributed by atoms with Crippen LogP contribution in [-0.4, -0.2) is 32.4 Å². The minimum absolute atomic E-state index is 0.0562. The number of unbranched alkanes of at least 4 members (excludes halogenated alkanes) is 1. The van der Waals surface area contributed by atoms with Crippen molar-refractivity contribution in [3.05, 3.63) is 87.3 Å². The first kappa shape index (κ1) is 23.1. The van der Waals surface area contributed by atoms with Gasteiger partial charge < -0.3 is 9.30 Å². The molecule has 0 saturated heterocycles. The highest BCUT2D eigenvalue weighted by molar-refractivity contribution is 5.97. The molecule has 0 atom stereocenters. The molecular weight excluding hydrogens is 432 g/mol. The van der Waals surface area contributed by atoms with Crippen LogP contribution in [0.2, 0.25) is 0 Å². The number of fused-ring (bicyclic) bond motifs is 2. The van der Waals surface area contributed by atoms with Gasteiger partial charge in [-0.2, -0.15) is 4.99 Å². The van der Waals surface area contributed by atoms with Gasteiger partial charge in [-0.05, 0) is 50.6 Å². The topological polar surface area (TPSA) is 95.0 Å². The Morgan fingerprint density at radius 1 is 1.09 bits per heavy atom. The lowest BCUT2D eigenvalue weighted by atomic mass is 10.1. The molecule has 0 radical (unpaired) electrons. The first-order valence-electron chi connectivity index (χ1n) is 11.3. The molecule has 3 aromatic heterocycles. The zero-order valence-corrected chi connectivity index (χ0v) is 19.4. The molecule has 0 spiro atoms. The van der Waals surface area contributed by atoms with E-state index >= 15 is 0 Å². The Balaban J connectivity index is 2.10. The fourth-order valence-corrected chi connectivity index (χ4v) is 3.74. The van der Waals surface area contributed by atoms with Crippen LogP contribution in [0.25, 0.3) is 16.7 Å². The van der Waals surface area contributed by atoms with Crippen molar-refractivity contribution >= 4 is 28.6 Å². The van der Waals surface area contributed by atoms with E-state index in [0.29, 0.717) is 23.4 Å². The second-order valence-corrected chi connectivity index (χ2v) is 7.97. The largest absolute Gasteiger partial charge is 0.462 e. The third-order valence-corrected chi connectivity index (χ3v) is 5.53. The molecule has 0 aliphatic rings. The molecule has 0 N–H and O–H groups in total. The standard InChI is InChI=1S/C26H26N4O4/c1-4-6-14-30-22-19(25(32)29-15-8-7-9-21(29)27-22)16-20(26(33)34-5-2)23(30)28-24(31)18-12-10-17(3)11-13-18/h7-13,15-16H,4-6,14H2,1-3H3. The van der Waals surface area contributed by atoms with Gasteiger partial charge >= 0.3 is 5.97 Å². The second kappa shape index (κ2) is 9.82. The van der Waals surface area contributed by atoms with E-state index < -0.39 is 11.9 Å². The number of rotatable bonds is 6. The second-order valence-electron chi connectivity index (χ2n) is 7.97. The number of ether oxygens (including phenoxy) is 1. The molecule has 0 fully saturated rings. The molecule has 174 valence electrons. The lowest BCUT2D eigenvalue weighted by Crippen LogP contribution is -2.32. The van der Waals surface area contributed by atoms with Gasteiger partial charge in [0.05, 0.1) is 12.0 Å². The molecule has 3 heterocycles. The first-order valence-corrected chi connectivity index (χ1v) is 11.3. The van der Waals surface area contributed by atoms with Crippen molar-refractivity contribution in [2.45, 2.75) is 40.2 Å². The zero-order chi connectivity index (χ0) is 24.2. The summed E-state index contributed by atoms with van der Waals surface area (Å²) in [7, 11) is 0. The molecule has 8 heteroatoms. The number of aryl methyl sites for hydroxylation is 2. The van der Waals surface area contributed by atoms with Crippen LogP contribution >= 0.6 is 0 Å². The predicted octanol–water partition coefficient (Wildman–Crippen LogP) is 3.68. The summed E-state index contributed by atoms with van der Waals surface area (Å²) in [6.45, 7) is 6.23. The number of hydrogen-bond donors (Lipinski definition) is 0. The molecule has 1 amide bonds. The van der Waals surface area contributed by atoms with Crippen LogP contribution in [0.1, 0.15) is 53.0 Å². The highest BCUT2D eigenvalue weighted by atomic mass is 16.5. The Kier molecular flexibility index (Phi) is 6.67. The van der Waals surface area contributed by atoms with Gasteiger partial charge in [0, 0.05) is 18.3 Å². The van der Waals surface area contributed by atoms with Crippen molar-refractivity contribution in [2.75, 3.05) is 6.61 Å². The van der Waals surface area contributed by atoms with E-state index in [1.165, 1.54) is 10.5 Å². The van der Waals surface area contributed by atoms with E-state index in [2.05, 4.69) is 4.99 Å². The van der Waals surface area contributed by atoms with E-state index in [-0.39, 0.29) is 28.6 Å². The fourth-order valence-electron chi connectivity index (χ4n) is 3.74. The van der Waals surface area contributed by atoms with Crippen LogP contribution in [0.4, 0.5) is 0 Å². The summed E-state index contributed by atoms with van der Waals surface area (Å²) in [5.41, 5.74) is 2.13. The predicted molar refractivity (Wildman–Crippen MR) is 129 cm³/mol. The Hall–Kier alpha value is -4.07. The van der Waals surface area contributed by atoms with E-state index in [1.54, 1.807) is 48.0 Å². The quantitative estimate of drug-likeness (QED) is 0.325. The molecule has 0 aliphatic carbocycles. The molecule has 1 aromatic carbocycles. The number of hydrogen-bond acceptors (Lipinski definition) is 5. The van der Waals surface area contributed by atoms with Crippen molar-refractivity contribution in [3.63, 3.8) is 0 Å². The van der Waals surface area contributed by atoms with Crippen LogP contribution in [0.15, 0.2) is 64.5 Å². The maximum absolute atomic E-state index is 13.3. The number of carbonyl (C=O) groups is 2. The molecule has 0 aliphatic heterocycles. The van der Waals surface area contributed by atoms with Crippen molar-refractivity contribution in [1.82, 2.24) is 14.0 Å². The minimum Gasteiger partial charge on any atom is -0.462 e. The number of esters is 1. The fraction of sp³-hybridized carbons (Fsp3) is 0.269. The number of aromatic nitrogens is 3. The minimum atomic E-state index is -0.650. The normalized spacial score (nSPS) is 11.8. The molecule has 0 saturated carbocycles. The van der Waals surface area contributed by atoms with Crippen LogP contribution in [0.3, 0.4) is 0 Å². The van der Waals surface area contributed by atoms with Gasteiger partial charge in [0.1, 0.15) is 16.9 Å². The molecule has 8 nitrogen and oxygen atoms in total. The molecule has 34 heavy (non-hydrogen) atoms. The number of benzene rings is 1. The lowest BCUT2D eigenvalue weighted by Gasteiger charge is -2.15. The SMILES string of the molecule is CCCCn1c(=NC(=O)c2ccc(C)cc2)c(C(=O)OCC)cc2c(=O)n3ccccc3nc21. The molecule has 4 rings (SSSR count). The summed E-state index contributed by atoms with van der Waals surface area (Å²) in [5, 5.41) is 0.254. The van der Waals surface area contributed by atoms with Crippen molar-refractivity contribution < 1.29 is 14.3 Å².